The van der Waals surface area contributed by atoms with Crippen LogP contribution in [0.15, 0.2) is 10.8 Å². The maximum Gasteiger partial charge on any atom is 0.146 e. The molecule has 0 saturated carbocycles. The molecule has 2 heterocycles. The third-order valence-corrected chi connectivity index (χ3v) is 4.90. The summed E-state index contributed by atoms with van der Waals surface area (Å²) in [5.74, 6) is 1.64. The largest absolute Gasteiger partial charge is 0.375 e. The van der Waals surface area contributed by atoms with Crippen molar-refractivity contribution in [3.63, 3.8) is 0 Å². The number of rotatable bonds is 5. The molecular weight excluding hydrogens is 320 g/mol. The second-order valence-electron chi connectivity index (χ2n) is 5.21. The van der Waals surface area contributed by atoms with Crippen molar-refractivity contribution in [1.82, 2.24) is 9.97 Å². The van der Waals surface area contributed by atoms with Gasteiger partial charge in [0, 0.05) is 19.7 Å². The summed E-state index contributed by atoms with van der Waals surface area (Å²) >= 11 is 3.55. The summed E-state index contributed by atoms with van der Waals surface area (Å²) in [6.45, 7) is 5.21. The topological polar surface area (TPSA) is 59.1 Å². The zero-order valence-corrected chi connectivity index (χ0v) is 14.0. The van der Waals surface area contributed by atoms with Gasteiger partial charge in [-0.2, -0.15) is 0 Å². The van der Waals surface area contributed by atoms with Crippen LogP contribution in [-0.2, 0) is 4.74 Å². The molecule has 2 N–H and O–H groups in total. The summed E-state index contributed by atoms with van der Waals surface area (Å²) < 4.78 is 6.89. The maximum atomic E-state index is 6.01. The average Bonchev–Trinajstić information content (AvgIpc) is 2.49. The first-order chi connectivity index (χ1) is 9.64. The Hall–Kier alpha value is -0.880. The van der Waals surface area contributed by atoms with Gasteiger partial charge in [-0.1, -0.05) is 13.8 Å². The molecule has 1 atom stereocenters. The van der Waals surface area contributed by atoms with Gasteiger partial charge in [0.2, 0.25) is 0 Å². The molecule has 1 aliphatic rings. The first-order valence-corrected chi connectivity index (χ1v) is 8.02. The molecule has 5 nitrogen and oxygen atoms in total. The highest BCUT2D eigenvalue weighted by atomic mass is 79.9. The highest BCUT2D eigenvalue weighted by molar-refractivity contribution is 9.10. The van der Waals surface area contributed by atoms with Gasteiger partial charge >= 0.3 is 0 Å². The Morgan fingerprint density at radius 1 is 1.35 bits per heavy atom. The standard InChI is InChI=1S/C14H23BrN4O/c1-4-14(5-2)8-10(6-7-20-14)19-13-11(15)12(16-3)17-9-18-13/h9-10H,4-8H2,1-3H3,(H2,16,17,18,19). The molecule has 112 valence electrons. The third kappa shape index (κ3) is 3.23. The van der Waals surface area contributed by atoms with Crippen molar-refractivity contribution in [2.75, 3.05) is 24.3 Å². The van der Waals surface area contributed by atoms with E-state index in [0.29, 0.717) is 6.04 Å². The van der Waals surface area contributed by atoms with Gasteiger partial charge in [0.1, 0.15) is 22.4 Å². The van der Waals surface area contributed by atoms with E-state index in [4.69, 9.17) is 4.74 Å². The lowest BCUT2D eigenvalue weighted by Crippen LogP contribution is -2.43. The molecule has 6 heteroatoms. The minimum absolute atomic E-state index is 0.0151. The van der Waals surface area contributed by atoms with Crippen molar-refractivity contribution in [1.29, 1.82) is 0 Å². The minimum Gasteiger partial charge on any atom is -0.375 e. The van der Waals surface area contributed by atoms with Crippen LogP contribution in [0.3, 0.4) is 0 Å². The molecule has 0 aromatic carbocycles. The summed E-state index contributed by atoms with van der Waals surface area (Å²) in [5.41, 5.74) is 0.0151. The molecule has 1 saturated heterocycles. The fourth-order valence-corrected chi connectivity index (χ4v) is 3.25. The van der Waals surface area contributed by atoms with Crippen LogP contribution in [0.25, 0.3) is 0 Å². The molecular formula is C14H23BrN4O. The second-order valence-corrected chi connectivity index (χ2v) is 6.00. The monoisotopic (exact) mass is 342 g/mol. The summed E-state index contributed by atoms with van der Waals surface area (Å²) in [6.07, 6.45) is 5.70. The zero-order valence-electron chi connectivity index (χ0n) is 12.4. The van der Waals surface area contributed by atoms with Crippen LogP contribution in [0.1, 0.15) is 39.5 Å². The van der Waals surface area contributed by atoms with Crippen LogP contribution < -0.4 is 10.6 Å². The number of aromatic nitrogens is 2. The van der Waals surface area contributed by atoms with E-state index in [1.807, 2.05) is 7.05 Å². The molecule has 1 fully saturated rings. The van der Waals surface area contributed by atoms with E-state index in [-0.39, 0.29) is 5.60 Å². The Bertz CT molecular complexity index is 451. The summed E-state index contributed by atoms with van der Waals surface area (Å²) in [6, 6.07) is 0.388. The Morgan fingerprint density at radius 3 is 2.70 bits per heavy atom. The SMILES string of the molecule is CCC1(CC)CC(Nc2ncnc(NC)c2Br)CCO1. The van der Waals surface area contributed by atoms with Crippen LogP contribution in [0.4, 0.5) is 11.6 Å². The van der Waals surface area contributed by atoms with Crippen LogP contribution in [-0.4, -0.2) is 35.3 Å². The van der Waals surface area contributed by atoms with Gasteiger partial charge in [-0.15, -0.1) is 0 Å². The second kappa shape index (κ2) is 6.72. The van der Waals surface area contributed by atoms with Gasteiger partial charge in [-0.3, -0.25) is 0 Å². The predicted molar refractivity (Wildman–Crippen MR) is 85.2 cm³/mol. The predicted octanol–water partition coefficient (Wildman–Crippen LogP) is 3.43. The molecule has 0 bridgehead atoms. The summed E-state index contributed by atoms with van der Waals surface area (Å²) in [5, 5.41) is 6.58. The summed E-state index contributed by atoms with van der Waals surface area (Å²) in [7, 11) is 1.85. The number of hydrogen-bond donors (Lipinski definition) is 2. The van der Waals surface area contributed by atoms with E-state index >= 15 is 0 Å². The van der Waals surface area contributed by atoms with E-state index in [2.05, 4.69) is 50.4 Å². The molecule has 0 aliphatic carbocycles. The van der Waals surface area contributed by atoms with E-state index in [1.54, 1.807) is 6.33 Å². The Balaban J connectivity index is 2.10. The lowest BCUT2D eigenvalue weighted by Gasteiger charge is -2.40. The summed E-state index contributed by atoms with van der Waals surface area (Å²) in [4.78, 5) is 8.51. The van der Waals surface area contributed by atoms with Crippen molar-refractivity contribution >= 4 is 27.6 Å². The van der Waals surface area contributed by atoms with Gasteiger partial charge in [0.15, 0.2) is 0 Å². The molecule has 2 rings (SSSR count). The maximum absolute atomic E-state index is 6.01. The van der Waals surface area contributed by atoms with Crippen molar-refractivity contribution < 1.29 is 4.74 Å². The van der Waals surface area contributed by atoms with E-state index < -0.39 is 0 Å². The van der Waals surface area contributed by atoms with Gasteiger partial charge in [-0.25, -0.2) is 9.97 Å². The van der Waals surface area contributed by atoms with E-state index in [0.717, 1.165) is 48.4 Å². The average molecular weight is 343 g/mol. The highest BCUT2D eigenvalue weighted by Gasteiger charge is 2.34. The van der Waals surface area contributed by atoms with Crippen molar-refractivity contribution in [3.8, 4) is 0 Å². The van der Waals surface area contributed by atoms with Crippen molar-refractivity contribution in [3.05, 3.63) is 10.8 Å². The van der Waals surface area contributed by atoms with Gasteiger partial charge in [-0.05, 0) is 41.6 Å². The van der Waals surface area contributed by atoms with Crippen molar-refractivity contribution in [2.24, 2.45) is 0 Å². The number of hydrogen-bond acceptors (Lipinski definition) is 5. The molecule has 1 unspecified atom stereocenters. The molecule has 0 radical (unpaired) electrons. The van der Waals surface area contributed by atoms with E-state index in [1.165, 1.54) is 0 Å². The van der Waals surface area contributed by atoms with Crippen molar-refractivity contribution in [2.45, 2.75) is 51.2 Å². The highest BCUT2D eigenvalue weighted by Crippen LogP contribution is 2.34. The fraction of sp³-hybridized carbons (Fsp3) is 0.714. The van der Waals surface area contributed by atoms with Gasteiger partial charge < -0.3 is 15.4 Å². The van der Waals surface area contributed by atoms with Crippen LogP contribution in [0, 0.1) is 0 Å². The lowest BCUT2D eigenvalue weighted by molar-refractivity contribution is -0.0864. The van der Waals surface area contributed by atoms with E-state index in [9.17, 15) is 0 Å². The number of halogens is 1. The molecule has 1 aromatic heterocycles. The molecule has 0 amide bonds. The van der Waals surface area contributed by atoms with Gasteiger partial charge in [0.05, 0.1) is 5.60 Å². The van der Waals surface area contributed by atoms with Crippen LogP contribution in [0.2, 0.25) is 0 Å². The molecule has 20 heavy (non-hydrogen) atoms. The number of nitrogens with one attached hydrogen (secondary N) is 2. The van der Waals surface area contributed by atoms with Crippen LogP contribution in [0.5, 0.6) is 0 Å². The Labute approximate surface area is 129 Å². The minimum atomic E-state index is 0.0151. The number of nitrogens with zero attached hydrogens (tertiary/aromatic N) is 2. The Kier molecular flexibility index (Phi) is 5.21. The lowest BCUT2D eigenvalue weighted by atomic mass is 9.86. The number of anilines is 2. The Morgan fingerprint density at radius 2 is 2.05 bits per heavy atom. The third-order valence-electron chi connectivity index (χ3n) is 4.15. The molecule has 1 aromatic rings. The van der Waals surface area contributed by atoms with Crippen LogP contribution >= 0.6 is 15.9 Å². The first-order valence-electron chi connectivity index (χ1n) is 7.23. The first kappa shape index (κ1) is 15.5. The zero-order chi connectivity index (χ0) is 14.6. The molecule has 1 aliphatic heterocycles. The fourth-order valence-electron chi connectivity index (χ4n) is 2.73. The van der Waals surface area contributed by atoms with Gasteiger partial charge in [0.25, 0.3) is 0 Å². The smallest absolute Gasteiger partial charge is 0.146 e. The normalized spacial score (nSPS) is 21.5. The molecule has 0 spiro atoms. The quantitative estimate of drug-likeness (QED) is 0.858. The number of ether oxygens (including phenoxy) is 1.